The van der Waals surface area contributed by atoms with Crippen molar-refractivity contribution in [2.75, 3.05) is 18.0 Å². The van der Waals surface area contributed by atoms with E-state index in [1.54, 1.807) is 12.1 Å². The predicted octanol–water partition coefficient (Wildman–Crippen LogP) is 4.65. The van der Waals surface area contributed by atoms with Crippen LogP contribution in [0.2, 0.25) is 0 Å². The lowest BCUT2D eigenvalue weighted by Gasteiger charge is -2.26. The van der Waals surface area contributed by atoms with E-state index >= 15 is 0 Å². The van der Waals surface area contributed by atoms with Gasteiger partial charge in [0.05, 0.1) is 11.1 Å². The van der Waals surface area contributed by atoms with E-state index in [1.165, 1.54) is 0 Å². The average Bonchev–Trinajstić information content (AvgIpc) is 2.54. The zero-order chi connectivity index (χ0) is 16.8. The van der Waals surface area contributed by atoms with Crippen molar-refractivity contribution in [1.29, 1.82) is 0 Å². The zero-order valence-corrected chi connectivity index (χ0v) is 14.3. The first-order valence-corrected chi connectivity index (χ1v) is 8.46. The molecule has 0 aliphatic heterocycles. The van der Waals surface area contributed by atoms with Crippen molar-refractivity contribution >= 4 is 22.6 Å². The molecule has 1 heterocycles. The topological polar surface area (TPSA) is 53.4 Å². The monoisotopic (exact) mass is 314 g/mol. The molecule has 1 aromatic carbocycles. The number of hydrogen-bond donors (Lipinski definition) is 1. The van der Waals surface area contributed by atoms with Crippen LogP contribution in [0, 0.1) is 6.92 Å². The van der Waals surface area contributed by atoms with E-state index in [1.807, 2.05) is 13.0 Å². The standard InChI is InChI=1S/C19H26N2O2/c1-4-6-10-21(11-7-5-2)18-12-14(3)20-17-9-8-15(19(22)23)13-16(17)18/h8-9,12-13H,4-7,10-11H2,1-3H3,(H,22,23). The lowest BCUT2D eigenvalue weighted by Crippen LogP contribution is -2.26. The van der Waals surface area contributed by atoms with E-state index in [-0.39, 0.29) is 0 Å². The Hall–Kier alpha value is -2.10. The summed E-state index contributed by atoms with van der Waals surface area (Å²) in [6.45, 7) is 8.36. The van der Waals surface area contributed by atoms with Gasteiger partial charge in [0.2, 0.25) is 0 Å². The third kappa shape index (κ3) is 4.21. The lowest BCUT2D eigenvalue weighted by molar-refractivity contribution is 0.0697. The number of anilines is 1. The Bertz CT molecular complexity index is 674. The summed E-state index contributed by atoms with van der Waals surface area (Å²) in [6.07, 6.45) is 4.55. The number of fused-ring (bicyclic) bond motifs is 1. The Morgan fingerprint density at radius 3 is 2.35 bits per heavy atom. The molecule has 2 aromatic rings. The normalized spacial score (nSPS) is 10.9. The quantitative estimate of drug-likeness (QED) is 0.770. The minimum atomic E-state index is -0.896. The Kier molecular flexibility index (Phi) is 5.97. The second-order valence-corrected chi connectivity index (χ2v) is 6.01. The molecule has 0 aliphatic rings. The van der Waals surface area contributed by atoms with Gasteiger partial charge in [-0.2, -0.15) is 0 Å². The summed E-state index contributed by atoms with van der Waals surface area (Å²) in [5.74, 6) is -0.896. The summed E-state index contributed by atoms with van der Waals surface area (Å²) >= 11 is 0. The van der Waals surface area contributed by atoms with Gasteiger partial charge in [-0.15, -0.1) is 0 Å². The van der Waals surface area contributed by atoms with E-state index in [0.29, 0.717) is 5.56 Å². The summed E-state index contributed by atoms with van der Waals surface area (Å²) in [7, 11) is 0. The molecule has 0 saturated heterocycles. The minimum absolute atomic E-state index is 0.315. The molecule has 0 atom stereocenters. The van der Waals surface area contributed by atoms with Gasteiger partial charge >= 0.3 is 5.97 Å². The number of unbranched alkanes of at least 4 members (excludes halogenated alkanes) is 2. The summed E-state index contributed by atoms with van der Waals surface area (Å²) in [4.78, 5) is 18.2. The highest BCUT2D eigenvalue weighted by Crippen LogP contribution is 2.28. The van der Waals surface area contributed by atoms with Crippen LogP contribution in [0.3, 0.4) is 0 Å². The molecule has 0 bridgehead atoms. The molecule has 0 aliphatic carbocycles. The maximum atomic E-state index is 11.3. The molecule has 0 unspecified atom stereocenters. The van der Waals surface area contributed by atoms with Gasteiger partial charge in [0, 0.05) is 29.9 Å². The van der Waals surface area contributed by atoms with Crippen molar-refractivity contribution in [3.63, 3.8) is 0 Å². The predicted molar refractivity (Wildman–Crippen MR) is 95.5 cm³/mol. The van der Waals surface area contributed by atoms with Crippen LogP contribution >= 0.6 is 0 Å². The van der Waals surface area contributed by atoms with Crippen molar-refractivity contribution in [2.45, 2.75) is 46.5 Å². The average molecular weight is 314 g/mol. The summed E-state index contributed by atoms with van der Waals surface area (Å²) < 4.78 is 0. The second-order valence-electron chi connectivity index (χ2n) is 6.01. The number of pyridine rings is 1. The molecule has 1 aromatic heterocycles. The van der Waals surface area contributed by atoms with Crippen LogP contribution in [-0.4, -0.2) is 29.1 Å². The first-order valence-electron chi connectivity index (χ1n) is 8.46. The maximum Gasteiger partial charge on any atom is 0.335 e. The number of aryl methyl sites for hydroxylation is 1. The lowest BCUT2D eigenvalue weighted by atomic mass is 10.1. The van der Waals surface area contributed by atoms with Gasteiger partial charge in [-0.3, -0.25) is 4.98 Å². The van der Waals surface area contributed by atoms with Crippen LogP contribution in [0.15, 0.2) is 24.3 Å². The summed E-state index contributed by atoms with van der Waals surface area (Å²) in [6, 6.07) is 7.28. The highest BCUT2D eigenvalue weighted by molar-refractivity contribution is 5.98. The van der Waals surface area contributed by atoms with Gasteiger partial charge in [-0.1, -0.05) is 26.7 Å². The molecule has 0 amide bonds. The van der Waals surface area contributed by atoms with E-state index in [4.69, 9.17) is 0 Å². The van der Waals surface area contributed by atoms with Crippen LogP contribution in [-0.2, 0) is 0 Å². The van der Waals surface area contributed by atoms with Crippen LogP contribution in [0.1, 0.15) is 55.6 Å². The molecule has 2 rings (SSSR count). The number of rotatable bonds is 8. The van der Waals surface area contributed by atoms with E-state index in [0.717, 1.165) is 61.1 Å². The number of aromatic carboxylic acids is 1. The fraction of sp³-hybridized carbons (Fsp3) is 0.474. The second kappa shape index (κ2) is 7.95. The molecule has 4 heteroatoms. The Balaban J connectivity index is 2.53. The molecule has 0 fully saturated rings. The first kappa shape index (κ1) is 17.3. The van der Waals surface area contributed by atoms with Crippen molar-refractivity contribution in [1.82, 2.24) is 4.98 Å². The van der Waals surface area contributed by atoms with E-state index in [2.05, 4.69) is 29.8 Å². The van der Waals surface area contributed by atoms with Crippen LogP contribution in [0.4, 0.5) is 5.69 Å². The van der Waals surface area contributed by atoms with E-state index in [9.17, 15) is 9.90 Å². The molecular weight excluding hydrogens is 288 g/mol. The molecule has 0 radical (unpaired) electrons. The van der Waals surface area contributed by atoms with Gasteiger partial charge in [0.25, 0.3) is 0 Å². The fourth-order valence-electron chi connectivity index (χ4n) is 2.78. The minimum Gasteiger partial charge on any atom is -0.478 e. The van der Waals surface area contributed by atoms with Crippen molar-refractivity contribution in [2.24, 2.45) is 0 Å². The molecule has 124 valence electrons. The number of carbonyl (C=O) groups is 1. The smallest absolute Gasteiger partial charge is 0.335 e. The Morgan fingerprint density at radius 2 is 1.78 bits per heavy atom. The number of carboxylic acids is 1. The number of nitrogens with zero attached hydrogens (tertiary/aromatic N) is 2. The Morgan fingerprint density at radius 1 is 1.13 bits per heavy atom. The van der Waals surface area contributed by atoms with Crippen molar-refractivity contribution in [3.8, 4) is 0 Å². The van der Waals surface area contributed by atoms with Crippen LogP contribution in [0.5, 0.6) is 0 Å². The maximum absolute atomic E-state index is 11.3. The van der Waals surface area contributed by atoms with Crippen molar-refractivity contribution in [3.05, 3.63) is 35.5 Å². The fourth-order valence-corrected chi connectivity index (χ4v) is 2.78. The summed E-state index contributed by atoms with van der Waals surface area (Å²) in [5.41, 5.74) is 3.25. The SMILES string of the molecule is CCCCN(CCCC)c1cc(C)nc2ccc(C(=O)O)cc12. The molecule has 1 N–H and O–H groups in total. The van der Waals surface area contributed by atoms with Gasteiger partial charge < -0.3 is 10.0 Å². The van der Waals surface area contributed by atoms with Crippen LogP contribution in [0.25, 0.3) is 10.9 Å². The summed E-state index contributed by atoms with van der Waals surface area (Å²) in [5, 5.41) is 10.2. The van der Waals surface area contributed by atoms with Gasteiger partial charge in [0.15, 0.2) is 0 Å². The van der Waals surface area contributed by atoms with E-state index < -0.39 is 5.97 Å². The zero-order valence-electron chi connectivity index (χ0n) is 14.3. The highest BCUT2D eigenvalue weighted by atomic mass is 16.4. The third-order valence-corrected chi connectivity index (χ3v) is 4.07. The number of carboxylic acid groups (broad SMARTS) is 1. The molecule has 23 heavy (non-hydrogen) atoms. The first-order chi connectivity index (χ1) is 11.1. The molecule has 4 nitrogen and oxygen atoms in total. The highest BCUT2D eigenvalue weighted by Gasteiger charge is 2.13. The molecule has 0 spiro atoms. The largest absolute Gasteiger partial charge is 0.478 e. The molecule has 0 saturated carbocycles. The Labute approximate surface area is 138 Å². The van der Waals surface area contributed by atoms with Gasteiger partial charge in [-0.25, -0.2) is 4.79 Å². The number of hydrogen-bond acceptors (Lipinski definition) is 3. The number of benzene rings is 1. The third-order valence-electron chi connectivity index (χ3n) is 4.07. The van der Waals surface area contributed by atoms with Crippen molar-refractivity contribution < 1.29 is 9.90 Å². The van der Waals surface area contributed by atoms with Crippen LogP contribution < -0.4 is 4.90 Å². The van der Waals surface area contributed by atoms with Gasteiger partial charge in [0.1, 0.15) is 0 Å². The number of aromatic nitrogens is 1. The van der Waals surface area contributed by atoms with Gasteiger partial charge in [-0.05, 0) is 44.0 Å². The molecular formula is C19H26N2O2.